The highest BCUT2D eigenvalue weighted by Crippen LogP contribution is 2.31. The first-order chi connectivity index (χ1) is 23.4. The van der Waals surface area contributed by atoms with Crippen LogP contribution in [0.4, 0.5) is 0 Å². The van der Waals surface area contributed by atoms with Gasteiger partial charge >= 0.3 is 11.8 Å². The number of rotatable bonds is 13. The van der Waals surface area contributed by atoms with Crippen LogP contribution in [-0.4, -0.2) is 47.8 Å². The number of carbonyl (C=O) groups is 1. The number of hydrogen-bond acceptors (Lipinski definition) is 11. The molecule has 0 saturated carbocycles. The molecule has 0 fully saturated rings. The Kier molecular flexibility index (Phi) is 12.2. The Hall–Kier alpha value is -5.53. The number of esters is 1. The topological polar surface area (TPSA) is 211 Å². The molecule has 0 amide bonds. The minimum atomic E-state index is -1.41. The van der Waals surface area contributed by atoms with Crippen LogP contribution >= 0.6 is 0 Å². The summed E-state index contributed by atoms with van der Waals surface area (Å²) in [5.41, 5.74) is 10.4. The van der Waals surface area contributed by atoms with Crippen LogP contribution in [0.3, 0.4) is 0 Å². The van der Waals surface area contributed by atoms with E-state index in [-0.39, 0.29) is 29.5 Å². The number of hydrogen-bond donors (Lipinski definition) is 2. The van der Waals surface area contributed by atoms with Crippen molar-refractivity contribution >= 4 is 5.97 Å². The molecule has 2 aromatic carbocycles. The maximum absolute atomic E-state index is 13.5. The minimum absolute atomic E-state index is 0.115. The summed E-state index contributed by atoms with van der Waals surface area (Å²) < 4.78 is 17.1. The first-order valence-electron chi connectivity index (χ1n) is 15.9. The highest BCUT2D eigenvalue weighted by molar-refractivity contribution is 5.89. The van der Waals surface area contributed by atoms with E-state index in [0.29, 0.717) is 37.1 Å². The lowest BCUT2D eigenvalue weighted by molar-refractivity contribution is 0.0395. The lowest BCUT2D eigenvalue weighted by Crippen LogP contribution is -2.23. The molecule has 3 aromatic heterocycles. The average molecular weight is 672 g/mol. The van der Waals surface area contributed by atoms with Gasteiger partial charge < -0.3 is 23.2 Å². The Morgan fingerprint density at radius 3 is 2.43 bits per heavy atom. The van der Waals surface area contributed by atoms with Gasteiger partial charge in [-0.15, -0.1) is 10.2 Å². The van der Waals surface area contributed by atoms with E-state index in [1.165, 1.54) is 0 Å². The van der Waals surface area contributed by atoms with Crippen molar-refractivity contribution in [2.75, 3.05) is 6.54 Å². The number of aryl methyl sites for hydroxylation is 2. The maximum atomic E-state index is 13.5. The van der Waals surface area contributed by atoms with Crippen molar-refractivity contribution in [3.8, 4) is 22.5 Å². The van der Waals surface area contributed by atoms with E-state index < -0.39 is 17.4 Å². The molecule has 0 unspecified atom stereocenters. The van der Waals surface area contributed by atoms with Gasteiger partial charge in [0.05, 0.1) is 0 Å². The lowest BCUT2D eigenvalue weighted by Gasteiger charge is -2.17. The number of ether oxygens (including phenoxy) is 1. The van der Waals surface area contributed by atoms with Gasteiger partial charge in [0.2, 0.25) is 5.82 Å². The normalized spacial score (nSPS) is 11.2. The molecule has 0 atom stereocenters. The first-order valence-corrected chi connectivity index (χ1v) is 15.9. The Morgan fingerprint density at radius 1 is 1.14 bits per heavy atom. The van der Waals surface area contributed by atoms with Crippen molar-refractivity contribution in [1.82, 2.24) is 30.2 Å². The molecule has 3 heterocycles. The molecule has 0 radical (unpaired) electrons. The summed E-state index contributed by atoms with van der Waals surface area (Å²) in [4.78, 5) is 32.2. The van der Waals surface area contributed by atoms with Crippen molar-refractivity contribution in [3.63, 3.8) is 0 Å². The first kappa shape index (κ1) is 36.3. The fourth-order valence-electron chi connectivity index (χ4n) is 4.96. The SMILES string of the molecule is CC(C)CCN=[N+]=[N-].CCCc1nc(C(C)(C)O)c(C(=O)OCc2oc(=O)oc2C)n1Cc1ccc(-c2ccccc2-c2nn[nH]n2)cc1. The van der Waals surface area contributed by atoms with Crippen molar-refractivity contribution in [2.24, 2.45) is 11.0 Å². The molecule has 258 valence electrons. The number of aliphatic hydroxyl groups is 1. The fourth-order valence-corrected chi connectivity index (χ4v) is 4.96. The summed E-state index contributed by atoms with van der Waals surface area (Å²) in [5.74, 6) is 0.556. The van der Waals surface area contributed by atoms with Crippen LogP contribution < -0.4 is 5.82 Å². The van der Waals surface area contributed by atoms with E-state index in [1.54, 1.807) is 25.3 Å². The molecular weight excluding hydrogens is 630 g/mol. The summed E-state index contributed by atoms with van der Waals surface area (Å²) in [6.45, 7) is 11.6. The van der Waals surface area contributed by atoms with Gasteiger partial charge in [0.1, 0.15) is 17.1 Å². The quantitative estimate of drug-likeness (QED) is 0.0599. The Bertz CT molecular complexity index is 1930. The zero-order valence-electron chi connectivity index (χ0n) is 28.5. The third-order valence-electron chi connectivity index (χ3n) is 7.45. The van der Waals surface area contributed by atoms with Gasteiger partial charge in [-0.2, -0.15) is 5.21 Å². The molecule has 0 aliphatic carbocycles. The third kappa shape index (κ3) is 9.52. The highest BCUT2D eigenvalue weighted by Gasteiger charge is 2.33. The molecule has 0 aliphatic rings. The van der Waals surface area contributed by atoms with Crippen LogP contribution in [0.5, 0.6) is 0 Å². The number of tetrazole rings is 1. The monoisotopic (exact) mass is 671 g/mol. The minimum Gasteiger partial charge on any atom is -0.453 e. The fraction of sp³-hybridized carbons (Fsp3) is 0.412. The largest absolute Gasteiger partial charge is 0.519 e. The molecule has 0 aliphatic heterocycles. The number of H-pyrrole nitrogens is 1. The molecule has 2 N–H and O–H groups in total. The Labute approximate surface area is 283 Å². The maximum Gasteiger partial charge on any atom is 0.519 e. The van der Waals surface area contributed by atoms with E-state index >= 15 is 0 Å². The number of carbonyl (C=O) groups excluding carboxylic acids is 1. The Morgan fingerprint density at radius 2 is 1.86 bits per heavy atom. The average Bonchev–Trinajstić information content (AvgIpc) is 3.80. The molecular formula is C34H41N9O6. The molecule has 0 spiro atoms. The van der Waals surface area contributed by atoms with Crippen molar-refractivity contribution in [1.29, 1.82) is 0 Å². The number of imidazole rings is 1. The predicted octanol–water partition coefficient (Wildman–Crippen LogP) is 6.51. The van der Waals surface area contributed by atoms with E-state index in [0.717, 1.165) is 35.1 Å². The van der Waals surface area contributed by atoms with Gasteiger partial charge in [0.15, 0.2) is 23.8 Å². The second-order valence-electron chi connectivity index (χ2n) is 12.2. The third-order valence-corrected chi connectivity index (χ3v) is 7.45. The second-order valence-corrected chi connectivity index (χ2v) is 12.2. The van der Waals surface area contributed by atoms with E-state index in [9.17, 15) is 14.7 Å². The van der Waals surface area contributed by atoms with Gasteiger partial charge in [0.25, 0.3) is 0 Å². The summed E-state index contributed by atoms with van der Waals surface area (Å²) in [7, 11) is 0. The van der Waals surface area contributed by atoms with Gasteiger partial charge in [-0.05, 0) is 67.0 Å². The standard InChI is InChI=1S/C29H30N6O6.C5H11N3/c1-5-8-23-30-25(29(3,4)38)24(27(36)39-16-22-17(2)40-28(37)41-22)35(23)15-18-11-13-19(14-12-18)20-9-6-7-10-21(20)26-31-33-34-32-26;1-5(2)3-4-7-8-6/h6-7,9-14,38H,5,8,15-16H2,1-4H3,(H,31,32,33,34);5H,3-4H2,1-2H3. The summed E-state index contributed by atoms with van der Waals surface area (Å²) in [5, 5.41) is 28.7. The molecule has 5 aromatic rings. The van der Waals surface area contributed by atoms with Crippen molar-refractivity contribution < 1.29 is 23.5 Å². The number of nitrogens with zero attached hydrogens (tertiary/aromatic N) is 8. The van der Waals surface area contributed by atoms with Crippen LogP contribution in [0.15, 0.2) is 67.3 Å². The van der Waals surface area contributed by atoms with Gasteiger partial charge in [-0.3, -0.25) is 0 Å². The van der Waals surface area contributed by atoms with Gasteiger partial charge in [0, 0.05) is 30.0 Å². The smallest absolute Gasteiger partial charge is 0.453 e. The molecule has 5 rings (SSSR count). The van der Waals surface area contributed by atoms with Gasteiger partial charge in [-0.25, -0.2) is 14.6 Å². The molecule has 15 nitrogen and oxygen atoms in total. The molecule has 49 heavy (non-hydrogen) atoms. The van der Waals surface area contributed by atoms with Crippen LogP contribution in [0.25, 0.3) is 33.0 Å². The highest BCUT2D eigenvalue weighted by atomic mass is 16.6. The number of azide groups is 1. The van der Waals surface area contributed by atoms with Crippen molar-refractivity contribution in [2.45, 2.75) is 79.6 Å². The second kappa shape index (κ2) is 16.5. The van der Waals surface area contributed by atoms with Crippen LogP contribution in [0.2, 0.25) is 0 Å². The van der Waals surface area contributed by atoms with E-state index in [1.807, 2.05) is 55.5 Å². The van der Waals surface area contributed by atoms with E-state index in [2.05, 4.69) is 49.5 Å². The van der Waals surface area contributed by atoms with Crippen molar-refractivity contribution in [3.05, 3.63) is 104 Å². The number of aromatic amines is 1. The number of benzene rings is 2. The molecule has 0 saturated heterocycles. The number of nitrogens with one attached hydrogen (secondary N) is 1. The summed E-state index contributed by atoms with van der Waals surface area (Å²) >= 11 is 0. The number of aromatic nitrogens is 6. The lowest BCUT2D eigenvalue weighted by atomic mass is 9.98. The molecule has 0 bridgehead atoms. The van der Waals surface area contributed by atoms with Crippen LogP contribution in [-0.2, 0) is 29.9 Å². The summed E-state index contributed by atoms with van der Waals surface area (Å²) in [6, 6.07) is 15.7. The zero-order valence-corrected chi connectivity index (χ0v) is 28.5. The predicted molar refractivity (Wildman–Crippen MR) is 180 cm³/mol. The van der Waals surface area contributed by atoms with E-state index in [4.69, 9.17) is 19.1 Å². The zero-order chi connectivity index (χ0) is 35.6. The van der Waals surface area contributed by atoms with Gasteiger partial charge in [-0.1, -0.05) is 74.4 Å². The van der Waals surface area contributed by atoms with Crippen LogP contribution in [0.1, 0.15) is 86.6 Å². The Balaban J connectivity index is 0.000000603. The molecule has 15 heteroatoms. The summed E-state index contributed by atoms with van der Waals surface area (Å²) in [6.07, 6.45) is 2.36. The van der Waals surface area contributed by atoms with Crippen LogP contribution in [0, 0.1) is 12.8 Å².